The van der Waals surface area contributed by atoms with Crippen molar-refractivity contribution >= 4 is 33.4 Å². The number of hydrogen-bond donors (Lipinski definition) is 1. The summed E-state index contributed by atoms with van der Waals surface area (Å²) in [5, 5.41) is 13.2. The zero-order valence-corrected chi connectivity index (χ0v) is 23.6. The number of nitrogens with zero attached hydrogens (tertiary/aromatic N) is 5. The largest absolute Gasteiger partial charge is 0.491 e. The summed E-state index contributed by atoms with van der Waals surface area (Å²) in [6.45, 7) is 9.75. The van der Waals surface area contributed by atoms with Crippen LogP contribution in [0, 0.1) is 18.3 Å². The van der Waals surface area contributed by atoms with Crippen LogP contribution in [0.1, 0.15) is 47.4 Å². The van der Waals surface area contributed by atoms with Crippen LogP contribution in [0.2, 0.25) is 0 Å². The molecule has 8 nitrogen and oxygen atoms in total. The quantitative estimate of drug-likeness (QED) is 0.175. The number of nitriles is 1. The highest BCUT2D eigenvalue weighted by Gasteiger charge is 2.21. The van der Waals surface area contributed by atoms with E-state index in [0.29, 0.717) is 47.0 Å². The summed E-state index contributed by atoms with van der Waals surface area (Å²) in [4.78, 5) is 23.8. The number of rotatable bonds is 9. The lowest BCUT2D eigenvalue weighted by Gasteiger charge is -2.22. The van der Waals surface area contributed by atoms with E-state index < -0.39 is 0 Å². The minimum atomic E-state index is -0.265. The molecule has 0 saturated heterocycles. The lowest BCUT2D eigenvalue weighted by Crippen LogP contribution is -2.27. The maximum Gasteiger partial charge on any atom is 0.258 e. The highest BCUT2D eigenvalue weighted by Crippen LogP contribution is 2.34. The molecule has 1 heterocycles. The molecule has 3 rings (SSSR count). The summed E-state index contributed by atoms with van der Waals surface area (Å²) in [7, 11) is 6.12. The fourth-order valence-corrected chi connectivity index (χ4v) is 4.04. The number of nitrogens with one attached hydrogen (secondary N) is 1. The lowest BCUT2D eigenvalue weighted by atomic mass is 9.94. The maximum atomic E-state index is 13.6. The Morgan fingerprint density at radius 1 is 1.24 bits per heavy atom. The third-order valence-corrected chi connectivity index (χ3v) is 6.36. The van der Waals surface area contributed by atoms with Crippen molar-refractivity contribution in [2.24, 2.45) is 10.1 Å². The first kappa shape index (κ1) is 28.5. The third-order valence-electron chi connectivity index (χ3n) is 6.06. The number of hydrogen-bond acceptors (Lipinski definition) is 6. The Morgan fingerprint density at radius 2 is 1.97 bits per heavy atom. The van der Waals surface area contributed by atoms with Gasteiger partial charge in [0.15, 0.2) is 0 Å². The van der Waals surface area contributed by atoms with Crippen molar-refractivity contribution in [1.29, 1.82) is 5.26 Å². The van der Waals surface area contributed by atoms with Gasteiger partial charge < -0.3 is 9.64 Å². The van der Waals surface area contributed by atoms with Crippen molar-refractivity contribution in [3.05, 3.63) is 77.1 Å². The number of benzene rings is 2. The smallest absolute Gasteiger partial charge is 0.258 e. The zero-order chi connectivity index (χ0) is 27.9. The van der Waals surface area contributed by atoms with Crippen molar-refractivity contribution < 1.29 is 9.53 Å². The molecule has 0 fully saturated rings. The van der Waals surface area contributed by atoms with E-state index in [9.17, 15) is 10.1 Å². The summed E-state index contributed by atoms with van der Waals surface area (Å²) in [6, 6.07) is 17.0. The standard InChI is InChI=1S/C29H33N6O2P/c1-19-11-12-20(15-22(19)23-18-33-26(29(2,3)38)16-21(23)17-30)28(36)35(6)24-9-7-8-10-25(24)37-14-13-27(31-4)34-32-5/h7-12,15-16,18H,5,13-14,38H2,1-4,6H3,(H,31,34). The van der Waals surface area contributed by atoms with Crippen molar-refractivity contribution in [3.8, 4) is 22.9 Å². The molecule has 196 valence electrons. The zero-order valence-electron chi connectivity index (χ0n) is 22.4. The molecule has 1 aromatic heterocycles. The van der Waals surface area contributed by atoms with Crippen LogP contribution in [0.25, 0.3) is 11.1 Å². The lowest BCUT2D eigenvalue weighted by molar-refractivity contribution is 0.0992. The van der Waals surface area contributed by atoms with Gasteiger partial charge in [-0.2, -0.15) is 10.4 Å². The van der Waals surface area contributed by atoms with Crippen LogP contribution in [-0.2, 0) is 5.16 Å². The molecule has 1 N–H and O–H groups in total. The number of pyridine rings is 1. The molecular weight excluding hydrogens is 495 g/mol. The van der Waals surface area contributed by atoms with Crippen LogP contribution >= 0.6 is 9.24 Å². The summed E-state index contributed by atoms with van der Waals surface area (Å²) in [6.07, 6.45) is 2.22. The second kappa shape index (κ2) is 12.4. The molecule has 9 heteroatoms. The van der Waals surface area contributed by atoms with E-state index in [2.05, 4.69) is 42.5 Å². The van der Waals surface area contributed by atoms with Crippen molar-refractivity contribution in [2.75, 3.05) is 25.6 Å². The highest BCUT2D eigenvalue weighted by molar-refractivity contribution is 7.18. The number of amidine groups is 1. The van der Waals surface area contributed by atoms with Crippen LogP contribution < -0.4 is 15.1 Å². The predicted octanol–water partition coefficient (Wildman–Crippen LogP) is 5.32. The Morgan fingerprint density at radius 3 is 2.63 bits per heavy atom. The van der Waals surface area contributed by atoms with Gasteiger partial charge in [-0.1, -0.05) is 32.0 Å². The summed E-state index contributed by atoms with van der Waals surface area (Å²) >= 11 is 0. The number of ether oxygens (including phenoxy) is 1. The summed E-state index contributed by atoms with van der Waals surface area (Å²) in [5.74, 6) is 1.02. The Balaban J connectivity index is 1.90. The Bertz CT molecular complexity index is 1400. The van der Waals surface area contributed by atoms with Gasteiger partial charge in [-0.05, 0) is 48.4 Å². The average molecular weight is 529 g/mol. The SMILES string of the molecule is C=NN/C(CCOc1ccccc1N(C)C(=O)c1ccc(C)c(-c2cnc(C(C)(C)P)cc2C#N)c1)=N\C. The normalized spacial score (nSPS) is 11.4. The Labute approximate surface area is 226 Å². The number of aliphatic imine (C=N–C) groups is 1. The first-order valence-corrected chi connectivity index (χ1v) is 12.7. The number of amides is 1. The minimum Gasteiger partial charge on any atom is -0.491 e. The van der Waals surface area contributed by atoms with Crippen LogP contribution in [0.4, 0.5) is 5.69 Å². The topological polar surface area (TPSA) is 103 Å². The van der Waals surface area contributed by atoms with E-state index in [0.717, 1.165) is 16.8 Å². The molecule has 2 aromatic carbocycles. The van der Waals surface area contributed by atoms with E-state index in [1.54, 1.807) is 31.3 Å². The summed E-state index contributed by atoms with van der Waals surface area (Å²) in [5.41, 5.74) is 7.61. The second-order valence-electron chi connectivity index (χ2n) is 9.35. The van der Waals surface area contributed by atoms with Gasteiger partial charge in [-0.3, -0.25) is 20.2 Å². The van der Waals surface area contributed by atoms with Gasteiger partial charge >= 0.3 is 0 Å². The van der Waals surface area contributed by atoms with Gasteiger partial charge in [-0.25, -0.2) is 0 Å². The molecule has 3 aromatic rings. The molecular formula is C29H33N6O2P. The van der Waals surface area contributed by atoms with E-state index in [4.69, 9.17) is 4.74 Å². The van der Waals surface area contributed by atoms with Crippen LogP contribution in [0.15, 0.2) is 64.8 Å². The number of para-hydroxylation sites is 2. The van der Waals surface area contributed by atoms with Crippen LogP contribution in [-0.4, -0.2) is 44.1 Å². The molecule has 38 heavy (non-hydrogen) atoms. The number of carbonyl (C=O) groups excluding carboxylic acids is 1. The van der Waals surface area contributed by atoms with Gasteiger partial charge in [0.2, 0.25) is 0 Å². The Kier molecular flexibility index (Phi) is 9.33. The third kappa shape index (κ3) is 6.62. The first-order chi connectivity index (χ1) is 18.1. The molecule has 1 unspecified atom stereocenters. The van der Waals surface area contributed by atoms with E-state index in [1.807, 2.05) is 63.2 Å². The second-order valence-corrected chi connectivity index (χ2v) is 10.8. The van der Waals surface area contributed by atoms with E-state index in [1.165, 1.54) is 0 Å². The molecule has 0 saturated carbocycles. The molecule has 0 bridgehead atoms. The molecule has 0 radical (unpaired) electrons. The molecule has 0 spiro atoms. The van der Waals surface area contributed by atoms with Gasteiger partial charge in [-0.15, -0.1) is 9.24 Å². The molecule has 0 aliphatic carbocycles. The molecule has 0 aliphatic heterocycles. The van der Waals surface area contributed by atoms with Crippen LogP contribution in [0.5, 0.6) is 5.75 Å². The van der Waals surface area contributed by atoms with Gasteiger partial charge in [0, 0.05) is 49.7 Å². The first-order valence-electron chi connectivity index (χ1n) is 12.1. The average Bonchev–Trinajstić information content (AvgIpc) is 2.91. The number of anilines is 1. The van der Waals surface area contributed by atoms with Crippen molar-refractivity contribution in [1.82, 2.24) is 10.4 Å². The number of aromatic nitrogens is 1. The van der Waals surface area contributed by atoms with E-state index in [-0.39, 0.29) is 11.1 Å². The van der Waals surface area contributed by atoms with Gasteiger partial charge in [0.25, 0.3) is 5.91 Å². The number of aryl methyl sites for hydroxylation is 1. The predicted molar refractivity (Wildman–Crippen MR) is 157 cm³/mol. The van der Waals surface area contributed by atoms with Crippen LogP contribution in [0.3, 0.4) is 0 Å². The monoisotopic (exact) mass is 528 g/mol. The fraction of sp³-hybridized carbons (Fsp3) is 0.276. The minimum absolute atomic E-state index is 0.204. The van der Waals surface area contributed by atoms with E-state index >= 15 is 0 Å². The number of carbonyl (C=O) groups is 1. The van der Waals surface area contributed by atoms with Crippen molar-refractivity contribution in [3.63, 3.8) is 0 Å². The van der Waals surface area contributed by atoms with Gasteiger partial charge in [0.05, 0.1) is 29.6 Å². The fourth-order valence-electron chi connectivity index (χ4n) is 3.89. The molecule has 0 aliphatic rings. The Hall–Kier alpha value is -4.08. The number of hydrazone groups is 1. The molecule has 1 atom stereocenters. The molecule has 1 amide bonds. The highest BCUT2D eigenvalue weighted by atomic mass is 31.0. The van der Waals surface area contributed by atoms with Gasteiger partial charge in [0.1, 0.15) is 11.6 Å². The maximum absolute atomic E-state index is 13.6. The summed E-state index contributed by atoms with van der Waals surface area (Å²) < 4.78 is 5.98. The van der Waals surface area contributed by atoms with Crippen molar-refractivity contribution in [2.45, 2.75) is 32.3 Å².